The van der Waals surface area contributed by atoms with Gasteiger partial charge in [0, 0.05) is 6.54 Å². The highest BCUT2D eigenvalue weighted by molar-refractivity contribution is 9.10. The monoisotopic (exact) mass is 369 g/mol. The topological polar surface area (TPSA) is 46.6 Å². The van der Waals surface area contributed by atoms with Gasteiger partial charge in [-0.2, -0.15) is 0 Å². The lowest BCUT2D eigenvalue weighted by Gasteiger charge is -2.14. The summed E-state index contributed by atoms with van der Waals surface area (Å²) in [5.41, 5.74) is 0.845. The minimum absolute atomic E-state index is 0.201. The predicted octanol–water partition coefficient (Wildman–Crippen LogP) is 4.15. The minimum atomic E-state index is -0.217. The van der Waals surface area contributed by atoms with E-state index in [9.17, 15) is 9.59 Å². The van der Waals surface area contributed by atoms with Gasteiger partial charge in [-0.05, 0) is 57.4 Å². The van der Waals surface area contributed by atoms with Gasteiger partial charge in [-0.15, -0.1) is 0 Å². The third-order valence-electron chi connectivity index (χ3n) is 2.89. The van der Waals surface area contributed by atoms with Crippen LogP contribution in [-0.2, 0) is 4.79 Å². The molecule has 2 rings (SSSR count). The van der Waals surface area contributed by atoms with E-state index in [1.165, 1.54) is 4.90 Å². The van der Waals surface area contributed by atoms with Crippen molar-refractivity contribution in [1.82, 2.24) is 4.90 Å². The first-order chi connectivity index (χ1) is 9.92. The van der Waals surface area contributed by atoms with Crippen LogP contribution in [0.3, 0.4) is 0 Å². The normalized spacial score (nSPS) is 17.2. The lowest BCUT2D eigenvalue weighted by Crippen LogP contribution is -2.31. The van der Waals surface area contributed by atoms with Gasteiger partial charge in [-0.1, -0.05) is 19.9 Å². The first-order valence-corrected chi connectivity index (χ1v) is 8.12. The number of ether oxygens (including phenoxy) is 1. The zero-order valence-electron chi connectivity index (χ0n) is 12.1. The van der Waals surface area contributed by atoms with Gasteiger partial charge in [-0.3, -0.25) is 14.5 Å². The van der Waals surface area contributed by atoms with Gasteiger partial charge in [0.2, 0.25) is 0 Å². The molecule has 1 aliphatic heterocycles. The lowest BCUT2D eigenvalue weighted by atomic mass is 10.2. The van der Waals surface area contributed by atoms with Crippen molar-refractivity contribution < 1.29 is 14.3 Å². The summed E-state index contributed by atoms with van der Waals surface area (Å²) >= 11 is 4.39. The Labute approximate surface area is 136 Å². The van der Waals surface area contributed by atoms with Gasteiger partial charge in [-0.25, -0.2) is 0 Å². The number of halogens is 1. The summed E-state index contributed by atoms with van der Waals surface area (Å²) in [6.45, 7) is 4.41. The van der Waals surface area contributed by atoms with Crippen LogP contribution in [0.25, 0.3) is 6.08 Å². The summed E-state index contributed by atoms with van der Waals surface area (Å²) in [6.07, 6.45) is 1.73. The van der Waals surface area contributed by atoms with Gasteiger partial charge < -0.3 is 4.74 Å². The summed E-state index contributed by atoms with van der Waals surface area (Å²) in [7, 11) is 1.59. The summed E-state index contributed by atoms with van der Waals surface area (Å²) in [6, 6.07) is 5.52. The number of carbonyl (C=O) groups is 2. The van der Waals surface area contributed by atoms with Gasteiger partial charge >= 0.3 is 0 Å². The SMILES string of the molecule is COc1ccc(C=C2SC(=O)N(CC(C)C)C2=O)cc1Br. The Hall–Kier alpha value is -1.27. The van der Waals surface area contributed by atoms with Crippen molar-refractivity contribution in [2.45, 2.75) is 13.8 Å². The van der Waals surface area contributed by atoms with Crippen LogP contribution in [-0.4, -0.2) is 29.7 Å². The van der Waals surface area contributed by atoms with Crippen LogP contribution in [0.5, 0.6) is 5.75 Å². The van der Waals surface area contributed by atoms with Crippen molar-refractivity contribution in [1.29, 1.82) is 0 Å². The molecule has 0 aliphatic carbocycles. The molecule has 1 aromatic carbocycles. The van der Waals surface area contributed by atoms with E-state index in [2.05, 4.69) is 15.9 Å². The second-order valence-electron chi connectivity index (χ2n) is 5.08. The number of benzene rings is 1. The fourth-order valence-electron chi connectivity index (χ4n) is 1.95. The maximum atomic E-state index is 12.2. The third kappa shape index (κ3) is 3.68. The maximum absolute atomic E-state index is 12.2. The second kappa shape index (κ2) is 6.66. The highest BCUT2D eigenvalue weighted by atomic mass is 79.9. The molecule has 0 aromatic heterocycles. The van der Waals surface area contributed by atoms with E-state index >= 15 is 0 Å². The quantitative estimate of drug-likeness (QED) is 0.747. The van der Waals surface area contributed by atoms with E-state index in [0.29, 0.717) is 11.4 Å². The zero-order chi connectivity index (χ0) is 15.6. The van der Waals surface area contributed by atoms with E-state index < -0.39 is 0 Å². The highest BCUT2D eigenvalue weighted by Gasteiger charge is 2.35. The number of amides is 2. The first kappa shape index (κ1) is 16.1. The van der Waals surface area contributed by atoms with E-state index in [1.54, 1.807) is 13.2 Å². The van der Waals surface area contributed by atoms with Gasteiger partial charge in [0.25, 0.3) is 11.1 Å². The molecule has 1 heterocycles. The Bertz CT molecular complexity index is 613. The molecule has 1 aromatic rings. The fourth-order valence-corrected chi connectivity index (χ4v) is 3.35. The van der Waals surface area contributed by atoms with Crippen molar-refractivity contribution in [2.75, 3.05) is 13.7 Å². The van der Waals surface area contributed by atoms with Gasteiger partial charge in [0.05, 0.1) is 16.5 Å². The van der Waals surface area contributed by atoms with Crippen molar-refractivity contribution in [3.8, 4) is 5.75 Å². The standard InChI is InChI=1S/C15H16BrNO3S/c1-9(2)8-17-14(18)13(21-15(17)19)7-10-4-5-12(20-3)11(16)6-10/h4-7,9H,8H2,1-3H3. The molecular weight excluding hydrogens is 354 g/mol. The Morgan fingerprint density at radius 2 is 2.10 bits per heavy atom. The Balaban J connectivity index is 2.24. The molecule has 2 amide bonds. The molecule has 0 bridgehead atoms. The molecule has 1 aliphatic rings. The lowest BCUT2D eigenvalue weighted by molar-refractivity contribution is -0.123. The third-order valence-corrected chi connectivity index (χ3v) is 4.42. The second-order valence-corrected chi connectivity index (χ2v) is 6.93. The van der Waals surface area contributed by atoms with E-state index in [-0.39, 0.29) is 17.1 Å². The summed E-state index contributed by atoms with van der Waals surface area (Å²) in [4.78, 5) is 25.9. The summed E-state index contributed by atoms with van der Waals surface area (Å²) in [5, 5.41) is -0.201. The number of carbonyl (C=O) groups excluding carboxylic acids is 2. The molecule has 4 nitrogen and oxygen atoms in total. The summed E-state index contributed by atoms with van der Waals surface area (Å²) < 4.78 is 5.97. The van der Waals surface area contributed by atoms with E-state index in [4.69, 9.17) is 4.74 Å². The highest BCUT2D eigenvalue weighted by Crippen LogP contribution is 2.34. The molecule has 0 radical (unpaired) electrons. The van der Waals surface area contributed by atoms with Crippen LogP contribution in [0.4, 0.5) is 4.79 Å². The average Bonchev–Trinajstić information content (AvgIpc) is 2.66. The number of nitrogens with zero attached hydrogens (tertiary/aromatic N) is 1. The average molecular weight is 370 g/mol. The molecule has 0 atom stereocenters. The van der Waals surface area contributed by atoms with Gasteiger partial charge in [0.15, 0.2) is 0 Å². The Morgan fingerprint density at radius 1 is 1.38 bits per heavy atom. The molecule has 1 fully saturated rings. The Kier molecular flexibility index (Phi) is 5.11. The predicted molar refractivity (Wildman–Crippen MR) is 88.2 cm³/mol. The van der Waals surface area contributed by atoms with Crippen LogP contribution in [0.15, 0.2) is 27.6 Å². The minimum Gasteiger partial charge on any atom is -0.496 e. The van der Waals surface area contributed by atoms with Crippen molar-refractivity contribution in [3.63, 3.8) is 0 Å². The van der Waals surface area contributed by atoms with Crippen LogP contribution in [0, 0.1) is 5.92 Å². The summed E-state index contributed by atoms with van der Waals surface area (Å²) in [5.74, 6) is 0.763. The van der Waals surface area contributed by atoms with E-state index in [0.717, 1.165) is 27.5 Å². The Morgan fingerprint density at radius 3 is 2.67 bits per heavy atom. The number of methoxy groups -OCH3 is 1. The number of thioether (sulfide) groups is 1. The largest absolute Gasteiger partial charge is 0.496 e. The maximum Gasteiger partial charge on any atom is 0.293 e. The van der Waals surface area contributed by atoms with Crippen molar-refractivity contribution in [3.05, 3.63) is 33.1 Å². The van der Waals surface area contributed by atoms with Crippen LogP contribution < -0.4 is 4.74 Å². The molecule has 6 heteroatoms. The van der Waals surface area contributed by atoms with Crippen LogP contribution >= 0.6 is 27.7 Å². The molecule has 1 saturated heterocycles. The number of hydrogen-bond donors (Lipinski definition) is 0. The number of rotatable bonds is 4. The molecule has 112 valence electrons. The van der Waals surface area contributed by atoms with Gasteiger partial charge in [0.1, 0.15) is 5.75 Å². The molecule has 0 N–H and O–H groups in total. The molecular formula is C15H16BrNO3S. The number of hydrogen-bond acceptors (Lipinski definition) is 4. The fraction of sp³-hybridized carbons (Fsp3) is 0.333. The van der Waals surface area contributed by atoms with Crippen LogP contribution in [0.1, 0.15) is 19.4 Å². The van der Waals surface area contributed by atoms with Crippen molar-refractivity contribution in [2.24, 2.45) is 5.92 Å². The van der Waals surface area contributed by atoms with E-state index in [1.807, 2.05) is 32.0 Å². The number of imide groups is 1. The molecule has 0 unspecified atom stereocenters. The smallest absolute Gasteiger partial charge is 0.293 e. The molecule has 0 saturated carbocycles. The first-order valence-electron chi connectivity index (χ1n) is 6.51. The van der Waals surface area contributed by atoms with Crippen molar-refractivity contribution >= 4 is 44.9 Å². The zero-order valence-corrected chi connectivity index (χ0v) is 14.5. The van der Waals surface area contributed by atoms with Crippen LogP contribution in [0.2, 0.25) is 0 Å². The molecule has 0 spiro atoms. The molecule has 21 heavy (non-hydrogen) atoms.